The molecule has 3 aromatic rings. The van der Waals surface area contributed by atoms with E-state index >= 15 is 0 Å². The van der Waals surface area contributed by atoms with Gasteiger partial charge in [0, 0.05) is 6.04 Å². The summed E-state index contributed by atoms with van der Waals surface area (Å²) in [6.45, 7) is 4.01. The molecule has 1 aliphatic heterocycles. The molecule has 9 heteroatoms. The second-order valence-electron chi connectivity index (χ2n) is 8.58. The van der Waals surface area contributed by atoms with E-state index in [1.54, 1.807) is 16.8 Å². The zero-order chi connectivity index (χ0) is 21.5. The lowest BCUT2D eigenvalue weighted by Gasteiger charge is -2.30. The maximum Gasteiger partial charge on any atom is 0.247 e. The fraction of sp³-hybridized carbons (Fsp3) is 0.455. The van der Waals surface area contributed by atoms with Crippen LogP contribution in [0.25, 0.3) is 5.65 Å². The number of imidazole rings is 1. The van der Waals surface area contributed by atoms with E-state index in [9.17, 15) is 5.26 Å². The normalized spacial score (nSPS) is 17.6. The number of anilines is 3. The Kier molecular flexibility index (Phi) is 5.16. The van der Waals surface area contributed by atoms with Gasteiger partial charge in [0.25, 0.3) is 0 Å². The first-order valence-electron chi connectivity index (χ1n) is 10.7. The van der Waals surface area contributed by atoms with E-state index in [0.717, 1.165) is 50.0 Å². The van der Waals surface area contributed by atoms with Crippen LogP contribution in [0, 0.1) is 18.3 Å². The van der Waals surface area contributed by atoms with Crippen LogP contribution in [0.3, 0.4) is 0 Å². The smallest absolute Gasteiger partial charge is 0.247 e. The third kappa shape index (κ3) is 4.03. The minimum atomic E-state index is 0.337. The molecule has 1 aromatic carbocycles. The summed E-state index contributed by atoms with van der Waals surface area (Å²) in [5, 5.41) is 21.6. The molecular weight excluding hydrogens is 412 g/mol. The summed E-state index contributed by atoms with van der Waals surface area (Å²) in [5.41, 5.74) is 3.88. The van der Waals surface area contributed by atoms with Crippen molar-refractivity contribution < 1.29 is 0 Å². The number of aryl methyl sites for hydroxylation is 1. The number of aromatic nitrogens is 4. The number of halogens is 1. The fourth-order valence-electron chi connectivity index (χ4n) is 4.10. The highest BCUT2D eigenvalue weighted by atomic mass is 35.5. The number of likely N-dealkylation sites (tertiary alicyclic amines) is 1. The average Bonchev–Trinajstić information content (AvgIpc) is 3.51. The molecule has 160 valence electrons. The van der Waals surface area contributed by atoms with Crippen molar-refractivity contribution in [3.05, 3.63) is 40.2 Å². The minimum absolute atomic E-state index is 0.337. The molecule has 0 bridgehead atoms. The summed E-state index contributed by atoms with van der Waals surface area (Å²) >= 11 is 6.84. The van der Waals surface area contributed by atoms with E-state index in [4.69, 9.17) is 11.6 Å². The fourth-order valence-corrected chi connectivity index (χ4v) is 4.41. The van der Waals surface area contributed by atoms with Crippen LogP contribution in [0.5, 0.6) is 0 Å². The van der Waals surface area contributed by atoms with Crippen molar-refractivity contribution in [2.75, 3.05) is 30.8 Å². The lowest BCUT2D eigenvalue weighted by Crippen LogP contribution is -2.29. The lowest BCUT2D eigenvalue weighted by molar-refractivity contribution is 0.255. The quantitative estimate of drug-likeness (QED) is 0.622. The van der Waals surface area contributed by atoms with Gasteiger partial charge in [-0.1, -0.05) is 11.6 Å². The molecule has 0 unspecified atom stereocenters. The Morgan fingerprint density at radius 2 is 1.97 bits per heavy atom. The van der Waals surface area contributed by atoms with Crippen LogP contribution in [0.15, 0.2) is 18.3 Å². The highest BCUT2D eigenvalue weighted by Crippen LogP contribution is 2.38. The Bertz CT molecular complexity index is 1170. The maximum atomic E-state index is 9.60. The molecular formula is C22H25ClN8. The Morgan fingerprint density at radius 1 is 1.19 bits per heavy atom. The van der Waals surface area contributed by atoms with Gasteiger partial charge in [-0.15, -0.1) is 5.10 Å². The highest BCUT2D eigenvalue weighted by molar-refractivity contribution is 6.34. The minimum Gasteiger partial charge on any atom is -0.364 e. The molecule has 2 aromatic heterocycles. The van der Waals surface area contributed by atoms with Crippen molar-refractivity contribution >= 4 is 34.7 Å². The first-order valence-corrected chi connectivity index (χ1v) is 11.1. The Labute approximate surface area is 186 Å². The number of rotatable bonds is 5. The molecule has 2 aliphatic rings. The number of nitrogens with zero attached hydrogens (tertiary/aromatic N) is 6. The number of nitriles is 1. The van der Waals surface area contributed by atoms with Crippen LogP contribution >= 0.6 is 11.6 Å². The van der Waals surface area contributed by atoms with Crippen molar-refractivity contribution in [1.29, 1.82) is 5.26 Å². The average molecular weight is 437 g/mol. The van der Waals surface area contributed by atoms with Crippen molar-refractivity contribution in [3.63, 3.8) is 0 Å². The van der Waals surface area contributed by atoms with Gasteiger partial charge in [0.15, 0.2) is 11.5 Å². The first kappa shape index (κ1) is 20.0. The Morgan fingerprint density at radius 3 is 2.68 bits per heavy atom. The summed E-state index contributed by atoms with van der Waals surface area (Å²) in [7, 11) is 2.13. The van der Waals surface area contributed by atoms with Crippen molar-refractivity contribution in [3.8, 4) is 6.07 Å². The number of benzene rings is 1. The van der Waals surface area contributed by atoms with Gasteiger partial charge in [0.05, 0.1) is 34.2 Å². The number of piperidine rings is 1. The molecule has 0 spiro atoms. The zero-order valence-electron chi connectivity index (χ0n) is 17.7. The van der Waals surface area contributed by atoms with E-state index in [1.165, 1.54) is 0 Å². The molecule has 5 rings (SSSR count). The summed E-state index contributed by atoms with van der Waals surface area (Å²) in [4.78, 5) is 11.4. The molecule has 2 fully saturated rings. The molecule has 0 atom stereocenters. The topological polar surface area (TPSA) is 94.2 Å². The SMILES string of the molecule is Cc1cnc2c(NC3CC3)nc(Nc3cc(C#N)cc(C4CCN(C)CC4)c3Cl)nn12. The predicted molar refractivity (Wildman–Crippen MR) is 121 cm³/mol. The van der Waals surface area contributed by atoms with Crippen LogP contribution in [0.4, 0.5) is 17.5 Å². The Balaban J connectivity index is 1.52. The standard InChI is InChI=1S/C22H25ClN8/c1-13-12-25-21-20(26-16-3-4-16)28-22(29-31(13)21)27-18-10-14(11-24)9-17(19(18)23)15-5-7-30(2)8-6-15/h9-10,12,15-16H,3-8H2,1-2H3,(H2,26,27,28,29). The molecule has 0 radical (unpaired) electrons. The first-order chi connectivity index (χ1) is 15.0. The Hall–Kier alpha value is -2.89. The van der Waals surface area contributed by atoms with Gasteiger partial charge in [-0.3, -0.25) is 0 Å². The van der Waals surface area contributed by atoms with E-state index in [2.05, 4.69) is 43.7 Å². The van der Waals surface area contributed by atoms with Crippen molar-refractivity contribution in [2.24, 2.45) is 0 Å². The van der Waals surface area contributed by atoms with Gasteiger partial charge >= 0.3 is 0 Å². The van der Waals surface area contributed by atoms with Crippen LogP contribution in [-0.2, 0) is 0 Å². The molecule has 8 nitrogen and oxygen atoms in total. The van der Waals surface area contributed by atoms with Crippen LogP contribution in [-0.4, -0.2) is 50.7 Å². The third-order valence-corrected chi connectivity index (χ3v) is 6.51. The third-order valence-electron chi connectivity index (χ3n) is 6.09. The predicted octanol–water partition coefficient (Wildman–Crippen LogP) is 4.08. The van der Waals surface area contributed by atoms with E-state index in [0.29, 0.717) is 45.6 Å². The number of fused-ring (bicyclic) bond motifs is 1. The zero-order valence-corrected chi connectivity index (χ0v) is 18.4. The molecule has 3 heterocycles. The monoisotopic (exact) mass is 436 g/mol. The van der Waals surface area contributed by atoms with Crippen LogP contribution < -0.4 is 10.6 Å². The summed E-state index contributed by atoms with van der Waals surface area (Å²) in [6.07, 6.45) is 6.10. The number of hydrogen-bond acceptors (Lipinski definition) is 7. The van der Waals surface area contributed by atoms with Crippen molar-refractivity contribution in [1.82, 2.24) is 24.5 Å². The summed E-state index contributed by atoms with van der Waals surface area (Å²) in [6, 6.07) is 6.40. The van der Waals surface area contributed by atoms with Gasteiger partial charge in [0.1, 0.15) is 0 Å². The lowest BCUT2D eigenvalue weighted by atomic mass is 9.88. The molecule has 1 saturated carbocycles. The second kappa shape index (κ2) is 7.98. The van der Waals surface area contributed by atoms with E-state index < -0.39 is 0 Å². The van der Waals surface area contributed by atoms with Gasteiger partial charge in [0.2, 0.25) is 5.95 Å². The van der Waals surface area contributed by atoms with E-state index in [-0.39, 0.29) is 0 Å². The molecule has 1 saturated heterocycles. The number of hydrogen-bond donors (Lipinski definition) is 2. The number of nitrogens with one attached hydrogen (secondary N) is 2. The van der Waals surface area contributed by atoms with Gasteiger partial charge in [-0.2, -0.15) is 10.2 Å². The largest absolute Gasteiger partial charge is 0.364 e. The molecule has 31 heavy (non-hydrogen) atoms. The van der Waals surface area contributed by atoms with Crippen LogP contribution in [0.1, 0.15) is 48.4 Å². The molecule has 0 amide bonds. The van der Waals surface area contributed by atoms with Gasteiger partial charge in [-0.25, -0.2) is 9.50 Å². The second-order valence-corrected chi connectivity index (χ2v) is 8.96. The van der Waals surface area contributed by atoms with Crippen LogP contribution in [0.2, 0.25) is 5.02 Å². The van der Waals surface area contributed by atoms with Gasteiger partial charge in [-0.05, 0) is 76.4 Å². The van der Waals surface area contributed by atoms with E-state index in [1.807, 2.05) is 13.0 Å². The maximum absolute atomic E-state index is 9.60. The molecule has 1 aliphatic carbocycles. The summed E-state index contributed by atoms with van der Waals surface area (Å²) < 4.78 is 1.78. The van der Waals surface area contributed by atoms with Crippen molar-refractivity contribution in [2.45, 2.75) is 44.6 Å². The highest BCUT2D eigenvalue weighted by Gasteiger charge is 2.25. The molecule has 2 N–H and O–H groups in total. The van der Waals surface area contributed by atoms with Gasteiger partial charge < -0.3 is 15.5 Å². The summed E-state index contributed by atoms with van der Waals surface area (Å²) in [5.74, 6) is 1.46.